The number of nitrogens with two attached hydrogens (primary N) is 1. The first kappa shape index (κ1) is 15.9. The average molecular weight is 290 g/mol. The highest BCUT2D eigenvalue weighted by Gasteiger charge is 2.30. The highest BCUT2D eigenvalue weighted by atomic mass is 32.1. The largest absolute Gasteiger partial charge is 0.401 e. The van der Waals surface area contributed by atoms with Gasteiger partial charge in [-0.1, -0.05) is 43.4 Å². The van der Waals surface area contributed by atoms with E-state index in [0.29, 0.717) is 18.5 Å². The van der Waals surface area contributed by atoms with Crippen LogP contribution in [0.15, 0.2) is 24.3 Å². The van der Waals surface area contributed by atoms with Crippen molar-refractivity contribution >= 4 is 17.2 Å². The van der Waals surface area contributed by atoms with Gasteiger partial charge in [0.2, 0.25) is 0 Å². The van der Waals surface area contributed by atoms with E-state index in [4.69, 9.17) is 18.0 Å². The first-order chi connectivity index (χ1) is 8.83. The fraction of sp³-hybridized carbons (Fsp3) is 0.462. The molecule has 0 fully saturated rings. The molecule has 0 spiro atoms. The first-order valence-electron chi connectivity index (χ1n) is 6.00. The van der Waals surface area contributed by atoms with Crippen molar-refractivity contribution in [1.29, 1.82) is 0 Å². The molecule has 2 nitrogen and oxygen atoms in total. The van der Waals surface area contributed by atoms with Crippen LogP contribution in [-0.2, 0) is 6.54 Å². The smallest absolute Gasteiger partial charge is 0.389 e. The Balaban J connectivity index is 2.87. The van der Waals surface area contributed by atoms with Crippen molar-refractivity contribution in [3.63, 3.8) is 0 Å². The Kier molecular flexibility index (Phi) is 5.75. The number of benzene rings is 1. The Bertz CT molecular complexity index is 432. The SMILES string of the molecule is CCCN(Cc1ccccc1C(N)=S)CC(F)(F)F. The average Bonchev–Trinajstić information content (AvgIpc) is 2.27. The summed E-state index contributed by atoms with van der Waals surface area (Å²) < 4.78 is 37.5. The normalized spacial score (nSPS) is 11.8. The molecule has 2 N–H and O–H groups in total. The van der Waals surface area contributed by atoms with Gasteiger partial charge in [-0.2, -0.15) is 13.2 Å². The number of thiocarbonyl (C=S) groups is 1. The molecular formula is C13H17F3N2S. The fourth-order valence-electron chi connectivity index (χ4n) is 1.92. The second kappa shape index (κ2) is 6.86. The molecule has 1 aromatic rings. The highest BCUT2D eigenvalue weighted by Crippen LogP contribution is 2.19. The van der Waals surface area contributed by atoms with E-state index in [1.165, 1.54) is 4.90 Å². The summed E-state index contributed by atoms with van der Waals surface area (Å²) in [6.45, 7) is 1.50. The van der Waals surface area contributed by atoms with Gasteiger partial charge < -0.3 is 5.73 Å². The summed E-state index contributed by atoms with van der Waals surface area (Å²) in [6.07, 6.45) is -3.54. The summed E-state index contributed by atoms with van der Waals surface area (Å²) in [4.78, 5) is 1.57. The van der Waals surface area contributed by atoms with Crippen LogP contribution in [-0.4, -0.2) is 29.2 Å². The lowest BCUT2D eigenvalue weighted by Gasteiger charge is -2.24. The molecule has 0 amide bonds. The molecule has 0 bridgehead atoms. The van der Waals surface area contributed by atoms with Crippen molar-refractivity contribution in [2.75, 3.05) is 13.1 Å². The summed E-state index contributed by atoms with van der Waals surface area (Å²) in [7, 11) is 0. The number of hydrogen-bond acceptors (Lipinski definition) is 2. The third-order valence-corrected chi connectivity index (χ3v) is 2.84. The van der Waals surface area contributed by atoms with Gasteiger partial charge in [0.05, 0.1) is 6.54 Å². The van der Waals surface area contributed by atoms with Crippen LogP contribution in [0.2, 0.25) is 0 Å². The van der Waals surface area contributed by atoms with Gasteiger partial charge in [-0.05, 0) is 18.5 Å². The van der Waals surface area contributed by atoms with Crippen LogP contribution < -0.4 is 5.73 Å². The minimum absolute atomic E-state index is 0.195. The lowest BCUT2D eigenvalue weighted by Crippen LogP contribution is -2.35. The summed E-state index contributed by atoms with van der Waals surface area (Å²) in [5.74, 6) is 0. The van der Waals surface area contributed by atoms with Crippen molar-refractivity contribution in [2.24, 2.45) is 5.73 Å². The molecule has 1 rings (SSSR count). The lowest BCUT2D eigenvalue weighted by atomic mass is 10.1. The van der Waals surface area contributed by atoms with Crippen LogP contribution in [0.1, 0.15) is 24.5 Å². The van der Waals surface area contributed by atoms with E-state index >= 15 is 0 Å². The second-order valence-corrected chi connectivity index (χ2v) is 4.79. The van der Waals surface area contributed by atoms with Crippen LogP contribution in [0.25, 0.3) is 0 Å². The van der Waals surface area contributed by atoms with E-state index in [0.717, 1.165) is 5.56 Å². The maximum absolute atomic E-state index is 12.5. The van der Waals surface area contributed by atoms with E-state index < -0.39 is 12.7 Å². The Morgan fingerprint density at radius 3 is 2.47 bits per heavy atom. The maximum Gasteiger partial charge on any atom is 0.401 e. The van der Waals surface area contributed by atoms with Crippen LogP contribution >= 0.6 is 12.2 Å². The monoisotopic (exact) mass is 290 g/mol. The Labute approximate surface area is 116 Å². The molecular weight excluding hydrogens is 273 g/mol. The van der Waals surface area contributed by atoms with Gasteiger partial charge in [0, 0.05) is 12.1 Å². The zero-order valence-corrected chi connectivity index (χ0v) is 11.5. The minimum atomic E-state index is -4.20. The Morgan fingerprint density at radius 2 is 1.95 bits per heavy atom. The molecule has 1 aromatic carbocycles. The van der Waals surface area contributed by atoms with Gasteiger partial charge in [0.15, 0.2) is 0 Å². The summed E-state index contributed by atoms with van der Waals surface area (Å²) >= 11 is 4.91. The molecule has 0 aliphatic rings. The van der Waals surface area contributed by atoms with E-state index in [2.05, 4.69) is 0 Å². The van der Waals surface area contributed by atoms with E-state index in [9.17, 15) is 13.2 Å². The van der Waals surface area contributed by atoms with Crippen molar-refractivity contribution < 1.29 is 13.2 Å². The highest BCUT2D eigenvalue weighted by molar-refractivity contribution is 7.80. The van der Waals surface area contributed by atoms with Crippen LogP contribution in [0.3, 0.4) is 0 Å². The zero-order valence-electron chi connectivity index (χ0n) is 10.7. The summed E-state index contributed by atoms with van der Waals surface area (Å²) in [5.41, 5.74) is 6.95. The Morgan fingerprint density at radius 1 is 1.32 bits per heavy atom. The lowest BCUT2D eigenvalue weighted by molar-refractivity contribution is -0.147. The van der Waals surface area contributed by atoms with Gasteiger partial charge in [0.25, 0.3) is 0 Å². The van der Waals surface area contributed by atoms with Crippen LogP contribution in [0, 0.1) is 0 Å². The predicted molar refractivity (Wildman–Crippen MR) is 74.0 cm³/mol. The van der Waals surface area contributed by atoms with Gasteiger partial charge in [-0.3, -0.25) is 4.90 Å². The minimum Gasteiger partial charge on any atom is -0.389 e. The van der Waals surface area contributed by atoms with Crippen LogP contribution in [0.4, 0.5) is 13.2 Å². The molecule has 0 saturated heterocycles. The molecule has 0 radical (unpaired) electrons. The molecule has 0 aliphatic carbocycles. The number of rotatable bonds is 6. The third-order valence-electron chi connectivity index (χ3n) is 2.62. The van der Waals surface area contributed by atoms with E-state index in [-0.39, 0.29) is 11.5 Å². The molecule has 6 heteroatoms. The summed E-state index contributed by atoms with van der Waals surface area (Å²) in [5, 5.41) is 0. The predicted octanol–water partition coefficient (Wildman–Crippen LogP) is 3.10. The number of hydrogen-bond donors (Lipinski definition) is 1. The first-order valence-corrected chi connectivity index (χ1v) is 6.41. The molecule has 0 heterocycles. The summed E-state index contributed by atoms with van der Waals surface area (Å²) in [6, 6.07) is 7.03. The van der Waals surface area contributed by atoms with Gasteiger partial charge in [0.1, 0.15) is 4.99 Å². The number of alkyl halides is 3. The molecule has 0 aromatic heterocycles. The Hall–Kier alpha value is -1.14. The second-order valence-electron chi connectivity index (χ2n) is 4.35. The van der Waals surface area contributed by atoms with E-state index in [1.54, 1.807) is 24.3 Å². The topological polar surface area (TPSA) is 29.3 Å². The fourth-order valence-corrected chi connectivity index (χ4v) is 2.12. The number of nitrogens with zero attached hydrogens (tertiary/aromatic N) is 1. The standard InChI is InChI=1S/C13H17F3N2S/c1-2-7-18(9-13(14,15)16)8-10-5-3-4-6-11(10)12(17)19/h3-6H,2,7-9H2,1H3,(H2,17,19). The van der Waals surface area contributed by atoms with Crippen molar-refractivity contribution in [3.05, 3.63) is 35.4 Å². The molecule has 19 heavy (non-hydrogen) atoms. The van der Waals surface area contributed by atoms with Gasteiger partial charge in [-0.15, -0.1) is 0 Å². The molecule has 106 valence electrons. The van der Waals surface area contributed by atoms with Crippen molar-refractivity contribution in [1.82, 2.24) is 4.90 Å². The van der Waals surface area contributed by atoms with Crippen molar-refractivity contribution in [2.45, 2.75) is 26.1 Å². The van der Waals surface area contributed by atoms with Crippen LogP contribution in [0.5, 0.6) is 0 Å². The third kappa shape index (κ3) is 5.57. The zero-order chi connectivity index (χ0) is 14.5. The maximum atomic E-state index is 12.5. The molecule has 0 atom stereocenters. The molecule has 0 saturated carbocycles. The molecule has 0 aliphatic heterocycles. The van der Waals surface area contributed by atoms with Crippen molar-refractivity contribution in [3.8, 4) is 0 Å². The van der Waals surface area contributed by atoms with Gasteiger partial charge in [-0.25, -0.2) is 0 Å². The molecule has 0 unspecified atom stereocenters. The quantitative estimate of drug-likeness (QED) is 0.816. The van der Waals surface area contributed by atoms with E-state index in [1.807, 2.05) is 6.92 Å². The van der Waals surface area contributed by atoms with Gasteiger partial charge >= 0.3 is 6.18 Å². The number of halogens is 3.